The largest absolute Gasteiger partial charge is 0.419 e. The summed E-state index contributed by atoms with van der Waals surface area (Å²) in [5, 5.41) is 0. The van der Waals surface area contributed by atoms with Crippen LogP contribution in [0.15, 0.2) is 45.6 Å². The van der Waals surface area contributed by atoms with Crippen molar-refractivity contribution in [2.24, 2.45) is 7.05 Å². The van der Waals surface area contributed by atoms with E-state index in [9.17, 15) is 9.59 Å². The molecule has 1 aliphatic rings. The minimum atomic E-state index is -0.310. The smallest absolute Gasteiger partial charge is 0.408 e. The third-order valence-electron chi connectivity index (χ3n) is 4.00. The Labute approximate surface area is 133 Å². The number of anilines is 1. The number of hydrogen-bond donors (Lipinski definition) is 0. The molecule has 0 fully saturated rings. The Morgan fingerprint density at radius 1 is 0.913 bits per heavy atom. The SMILES string of the molecule is Cc1ccc2c(c1)C(=O)N2C.Cc1ccc2c(c1)oc(=O)n2C. The fraction of sp³-hybridized carbons (Fsp3) is 0.222. The van der Waals surface area contributed by atoms with Crippen LogP contribution in [0, 0.1) is 13.8 Å². The fourth-order valence-electron chi connectivity index (χ4n) is 2.59. The van der Waals surface area contributed by atoms with Crippen molar-refractivity contribution in [2.45, 2.75) is 13.8 Å². The van der Waals surface area contributed by atoms with Gasteiger partial charge < -0.3 is 9.32 Å². The second-order valence-electron chi connectivity index (χ2n) is 5.78. The molecule has 0 saturated carbocycles. The Bertz CT molecular complexity index is 966. The highest BCUT2D eigenvalue weighted by Crippen LogP contribution is 2.31. The van der Waals surface area contributed by atoms with E-state index >= 15 is 0 Å². The Balaban J connectivity index is 0.000000136. The van der Waals surface area contributed by atoms with E-state index in [4.69, 9.17) is 4.42 Å². The maximum absolute atomic E-state index is 11.1. The molecular formula is C18H18N2O3. The molecule has 0 spiro atoms. The van der Waals surface area contributed by atoms with E-state index in [1.54, 1.807) is 19.0 Å². The number of benzene rings is 2. The van der Waals surface area contributed by atoms with Crippen molar-refractivity contribution >= 4 is 22.7 Å². The molecule has 0 N–H and O–H groups in total. The zero-order valence-electron chi connectivity index (χ0n) is 13.6. The third-order valence-corrected chi connectivity index (χ3v) is 4.00. The van der Waals surface area contributed by atoms with Crippen LogP contribution in [-0.2, 0) is 7.05 Å². The highest BCUT2D eigenvalue weighted by Gasteiger charge is 2.28. The first kappa shape index (κ1) is 15.1. The van der Waals surface area contributed by atoms with Crippen LogP contribution < -0.4 is 10.7 Å². The monoisotopic (exact) mass is 310 g/mol. The summed E-state index contributed by atoms with van der Waals surface area (Å²) in [4.78, 5) is 23.8. The van der Waals surface area contributed by atoms with E-state index in [1.807, 2.05) is 50.2 Å². The molecule has 118 valence electrons. The number of oxazole rings is 1. The first-order valence-electron chi connectivity index (χ1n) is 7.33. The number of hydrogen-bond acceptors (Lipinski definition) is 3. The van der Waals surface area contributed by atoms with Crippen LogP contribution in [0.25, 0.3) is 11.1 Å². The second-order valence-corrected chi connectivity index (χ2v) is 5.78. The van der Waals surface area contributed by atoms with Crippen LogP contribution in [-0.4, -0.2) is 17.5 Å². The summed E-state index contributed by atoms with van der Waals surface area (Å²) in [7, 11) is 3.49. The van der Waals surface area contributed by atoms with E-state index < -0.39 is 0 Å². The van der Waals surface area contributed by atoms with E-state index in [1.165, 1.54) is 4.57 Å². The maximum Gasteiger partial charge on any atom is 0.419 e. The summed E-state index contributed by atoms with van der Waals surface area (Å²) < 4.78 is 6.48. The summed E-state index contributed by atoms with van der Waals surface area (Å²) in [5.74, 6) is -0.181. The summed E-state index contributed by atoms with van der Waals surface area (Å²) in [6.45, 7) is 3.96. The second kappa shape index (κ2) is 5.43. The van der Waals surface area contributed by atoms with Crippen molar-refractivity contribution < 1.29 is 9.21 Å². The Hall–Kier alpha value is -2.82. The number of amides is 1. The highest BCUT2D eigenvalue weighted by atomic mass is 16.4. The molecule has 0 aliphatic carbocycles. The predicted octanol–water partition coefficient (Wildman–Crippen LogP) is 3.02. The molecule has 0 saturated heterocycles. The van der Waals surface area contributed by atoms with Crippen LogP contribution in [0.1, 0.15) is 21.5 Å². The summed E-state index contributed by atoms with van der Waals surface area (Å²) >= 11 is 0. The molecule has 1 aliphatic heterocycles. The maximum atomic E-state index is 11.1. The quantitative estimate of drug-likeness (QED) is 0.641. The molecule has 0 radical (unpaired) electrons. The number of aromatic nitrogens is 1. The van der Waals surface area contributed by atoms with E-state index in [-0.39, 0.29) is 11.7 Å². The molecular weight excluding hydrogens is 292 g/mol. The fourth-order valence-corrected chi connectivity index (χ4v) is 2.59. The number of aryl methyl sites for hydroxylation is 3. The molecule has 1 aromatic heterocycles. The van der Waals surface area contributed by atoms with Crippen molar-refractivity contribution in [3.63, 3.8) is 0 Å². The van der Waals surface area contributed by atoms with Crippen LogP contribution in [0.4, 0.5) is 5.69 Å². The number of fused-ring (bicyclic) bond motifs is 2. The molecule has 2 aromatic carbocycles. The zero-order valence-corrected chi connectivity index (χ0v) is 13.6. The van der Waals surface area contributed by atoms with E-state index in [0.29, 0.717) is 5.58 Å². The van der Waals surface area contributed by atoms with Gasteiger partial charge in [-0.2, -0.15) is 0 Å². The van der Waals surface area contributed by atoms with Gasteiger partial charge in [-0.25, -0.2) is 4.79 Å². The first-order valence-corrected chi connectivity index (χ1v) is 7.33. The van der Waals surface area contributed by atoms with Crippen molar-refractivity contribution in [1.29, 1.82) is 0 Å². The third kappa shape index (κ3) is 2.54. The first-order chi connectivity index (χ1) is 10.9. The molecule has 0 bridgehead atoms. The van der Waals surface area contributed by atoms with Crippen molar-refractivity contribution in [2.75, 3.05) is 11.9 Å². The van der Waals surface area contributed by atoms with Gasteiger partial charge in [0.25, 0.3) is 5.91 Å². The van der Waals surface area contributed by atoms with Gasteiger partial charge in [0, 0.05) is 14.1 Å². The predicted molar refractivity (Wildman–Crippen MR) is 90.1 cm³/mol. The van der Waals surface area contributed by atoms with Crippen molar-refractivity contribution in [3.05, 3.63) is 63.6 Å². The summed E-state index contributed by atoms with van der Waals surface area (Å²) in [5.41, 5.74) is 5.63. The number of nitrogens with zero attached hydrogens (tertiary/aromatic N) is 2. The normalized spacial score (nSPS) is 12.5. The van der Waals surface area contributed by atoms with Crippen LogP contribution in [0.3, 0.4) is 0 Å². The van der Waals surface area contributed by atoms with Gasteiger partial charge in [0.1, 0.15) is 0 Å². The standard InChI is InChI=1S/C9H9NO2.C9H9NO/c1-6-3-4-7-8(5-6)12-9(11)10(7)2;1-6-3-4-8-7(5-6)9(11)10(8)2/h3-5H,1-2H3;3-5H,1-2H3. The lowest BCUT2D eigenvalue weighted by Crippen LogP contribution is -2.36. The van der Waals surface area contributed by atoms with E-state index in [0.717, 1.165) is 27.9 Å². The molecule has 23 heavy (non-hydrogen) atoms. The van der Waals surface area contributed by atoms with Gasteiger partial charge in [0.2, 0.25) is 0 Å². The van der Waals surface area contributed by atoms with Gasteiger partial charge in [0.05, 0.1) is 16.8 Å². The summed E-state index contributed by atoms with van der Waals surface area (Å²) in [6, 6.07) is 11.6. The topological polar surface area (TPSA) is 55.5 Å². The number of carbonyl (C=O) groups is 1. The van der Waals surface area contributed by atoms with E-state index in [2.05, 4.69) is 0 Å². The molecule has 0 unspecified atom stereocenters. The molecule has 2 heterocycles. The molecule has 5 heteroatoms. The zero-order chi connectivity index (χ0) is 16.7. The van der Waals surface area contributed by atoms with Crippen LogP contribution in [0.2, 0.25) is 0 Å². The van der Waals surface area contributed by atoms with Gasteiger partial charge in [-0.15, -0.1) is 0 Å². The van der Waals surface area contributed by atoms with Crippen molar-refractivity contribution in [1.82, 2.24) is 4.57 Å². The summed E-state index contributed by atoms with van der Waals surface area (Å²) in [6.07, 6.45) is 0. The Kier molecular flexibility index (Phi) is 3.56. The van der Waals surface area contributed by atoms with Crippen molar-refractivity contribution in [3.8, 4) is 0 Å². The lowest BCUT2D eigenvalue weighted by molar-refractivity contribution is 0.0973. The molecule has 5 nitrogen and oxygen atoms in total. The average molecular weight is 310 g/mol. The molecule has 1 amide bonds. The van der Waals surface area contributed by atoms with Gasteiger partial charge in [-0.1, -0.05) is 17.7 Å². The van der Waals surface area contributed by atoms with Gasteiger partial charge in [0.15, 0.2) is 5.58 Å². The molecule has 3 aromatic rings. The lowest BCUT2D eigenvalue weighted by atomic mass is 10.0. The number of rotatable bonds is 0. The minimum absolute atomic E-state index is 0.128. The van der Waals surface area contributed by atoms with Gasteiger partial charge in [-0.3, -0.25) is 9.36 Å². The Morgan fingerprint density at radius 2 is 1.57 bits per heavy atom. The number of carbonyl (C=O) groups excluding carboxylic acids is 1. The highest BCUT2D eigenvalue weighted by molar-refractivity contribution is 6.19. The lowest BCUT2D eigenvalue weighted by Gasteiger charge is -2.29. The average Bonchev–Trinajstić information content (AvgIpc) is 2.81. The minimum Gasteiger partial charge on any atom is -0.408 e. The molecule has 0 atom stereocenters. The van der Waals surface area contributed by atoms with Gasteiger partial charge >= 0.3 is 5.76 Å². The Morgan fingerprint density at radius 3 is 2.30 bits per heavy atom. The molecule has 4 rings (SSSR count). The van der Waals surface area contributed by atoms with Crippen LogP contribution in [0.5, 0.6) is 0 Å². The van der Waals surface area contributed by atoms with Crippen LogP contribution >= 0.6 is 0 Å². The van der Waals surface area contributed by atoms with Gasteiger partial charge in [-0.05, 0) is 43.7 Å².